The maximum atomic E-state index is 13.1. The molecule has 0 aliphatic heterocycles. The standard InChI is InChI=1S/C25H30ClN5O3Si/c1-16-20(12-11-19(14-28)22(16)26)29-21(15-34-35(5,6)25(2,3)4)24(33)31-30-23(32)18-9-7-17(13-27)8-10-18/h7-12,21,29H,15H2,1-6H3,(H,30,32)(H,31,33). The molecule has 0 saturated carbocycles. The molecule has 0 fully saturated rings. The van der Waals surface area contributed by atoms with Gasteiger partial charge in [0.05, 0.1) is 28.8 Å². The predicted octanol–water partition coefficient (Wildman–Crippen LogP) is 4.66. The lowest BCUT2D eigenvalue weighted by atomic mass is 10.1. The van der Waals surface area contributed by atoms with Gasteiger partial charge in [0.25, 0.3) is 11.8 Å². The Morgan fingerprint density at radius 2 is 1.69 bits per heavy atom. The normalized spacial score (nSPS) is 12.1. The first kappa shape index (κ1) is 27.9. The highest BCUT2D eigenvalue weighted by atomic mass is 35.5. The van der Waals surface area contributed by atoms with E-state index in [4.69, 9.17) is 21.3 Å². The van der Waals surface area contributed by atoms with E-state index in [1.54, 1.807) is 19.1 Å². The summed E-state index contributed by atoms with van der Waals surface area (Å²) in [5.74, 6) is -1.03. The van der Waals surface area contributed by atoms with Gasteiger partial charge in [-0.2, -0.15) is 10.5 Å². The van der Waals surface area contributed by atoms with Crippen LogP contribution in [0.5, 0.6) is 0 Å². The highest BCUT2D eigenvalue weighted by Gasteiger charge is 2.38. The largest absolute Gasteiger partial charge is 0.414 e. The summed E-state index contributed by atoms with van der Waals surface area (Å²) in [6, 6.07) is 12.5. The molecule has 0 radical (unpaired) electrons. The van der Waals surface area contributed by atoms with Crippen molar-refractivity contribution in [1.29, 1.82) is 10.5 Å². The van der Waals surface area contributed by atoms with Gasteiger partial charge >= 0.3 is 0 Å². The second kappa shape index (κ2) is 11.4. The molecular formula is C25H30ClN5O3Si. The molecule has 35 heavy (non-hydrogen) atoms. The fourth-order valence-corrected chi connectivity index (χ4v) is 4.00. The molecule has 2 aromatic carbocycles. The van der Waals surface area contributed by atoms with Crippen LogP contribution in [-0.4, -0.2) is 32.8 Å². The SMILES string of the molecule is Cc1c(NC(CO[Si](C)(C)C(C)(C)C)C(=O)NNC(=O)c2ccc(C#N)cc2)ccc(C#N)c1Cl. The van der Waals surface area contributed by atoms with E-state index in [1.807, 2.05) is 12.1 Å². The Morgan fingerprint density at radius 3 is 2.23 bits per heavy atom. The predicted molar refractivity (Wildman–Crippen MR) is 138 cm³/mol. The Kier molecular flexibility index (Phi) is 9.05. The van der Waals surface area contributed by atoms with Crippen LogP contribution in [0.1, 0.15) is 47.8 Å². The molecule has 0 bridgehead atoms. The molecule has 1 unspecified atom stereocenters. The van der Waals surface area contributed by atoms with Crippen molar-refractivity contribution in [2.45, 2.75) is 51.9 Å². The van der Waals surface area contributed by atoms with E-state index in [2.05, 4.69) is 50.0 Å². The van der Waals surface area contributed by atoms with Crippen LogP contribution < -0.4 is 16.2 Å². The molecule has 3 N–H and O–H groups in total. The van der Waals surface area contributed by atoms with Crippen LogP contribution in [0.2, 0.25) is 23.2 Å². The van der Waals surface area contributed by atoms with Gasteiger partial charge in [-0.3, -0.25) is 20.4 Å². The summed E-state index contributed by atoms with van der Waals surface area (Å²) in [6.45, 7) is 12.3. The summed E-state index contributed by atoms with van der Waals surface area (Å²) in [6.07, 6.45) is 0. The van der Waals surface area contributed by atoms with Gasteiger partial charge in [-0.15, -0.1) is 0 Å². The van der Waals surface area contributed by atoms with Crippen molar-refractivity contribution in [3.8, 4) is 12.1 Å². The van der Waals surface area contributed by atoms with E-state index in [0.29, 0.717) is 33.0 Å². The summed E-state index contributed by atoms with van der Waals surface area (Å²) in [4.78, 5) is 25.5. The number of carbonyl (C=O) groups excluding carboxylic acids is 2. The second-order valence-electron chi connectivity index (χ2n) is 9.61. The van der Waals surface area contributed by atoms with Crippen LogP contribution in [0.4, 0.5) is 5.69 Å². The van der Waals surface area contributed by atoms with Crippen molar-refractivity contribution in [2.75, 3.05) is 11.9 Å². The number of halogens is 1. The molecule has 2 amide bonds. The van der Waals surface area contributed by atoms with Crippen molar-refractivity contribution in [2.24, 2.45) is 0 Å². The Bertz CT molecular complexity index is 1180. The lowest BCUT2D eigenvalue weighted by Gasteiger charge is -2.37. The molecule has 2 rings (SSSR count). The molecule has 8 nitrogen and oxygen atoms in total. The van der Waals surface area contributed by atoms with Gasteiger partial charge in [-0.1, -0.05) is 32.4 Å². The maximum absolute atomic E-state index is 13.1. The van der Waals surface area contributed by atoms with Crippen LogP contribution in [0.3, 0.4) is 0 Å². The molecule has 0 aromatic heterocycles. The number of anilines is 1. The summed E-state index contributed by atoms with van der Waals surface area (Å²) >= 11 is 6.30. The van der Waals surface area contributed by atoms with E-state index < -0.39 is 26.2 Å². The van der Waals surface area contributed by atoms with Crippen molar-refractivity contribution in [1.82, 2.24) is 10.9 Å². The molecule has 0 heterocycles. The molecule has 0 saturated heterocycles. The third-order valence-corrected chi connectivity index (χ3v) is 11.1. The summed E-state index contributed by atoms with van der Waals surface area (Å²) in [5.41, 5.74) is 7.10. The van der Waals surface area contributed by atoms with Crippen molar-refractivity contribution >= 4 is 37.4 Å². The quantitative estimate of drug-likeness (QED) is 0.366. The third-order valence-electron chi connectivity index (χ3n) is 6.15. The van der Waals surface area contributed by atoms with Gasteiger partial charge in [-0.05, 0) is 67.0 Å². The van der Waals surface area contributed by atoms with Crippen LogP contribution in [0.15, 0.2) is 36.4 Å². The Hall–Kier alpha value is -3.37. The van der Waals surface area contributed by atoms with Gasteiger partial charge in [0.2, 0.25) is 0 Å². The van der Waals surface area contributed by atoms with Gasteiger partial charge in [0.1, 0.15) is 12.1 Å². The maximum Gasteiger partial charge on any atom is 0.269 e. The number of rotatable bonds is 7. The Labute approximate surface area is 212 Å². The van der Waals surface area contributed by atoms with Crippen LogP contribution in [-0.2, 0) is 9.22 Å². The number of nitrogens with zero attached hydrogens (tertiary/aromatic N) is 2. The number of benzene rings is 2. The summed E-state index contributed by atoms with van der Waals surface area (Å²) < 4.78 is 6.27. The highest BCUT2D eigenvalue weighted by molar-refractivity contribution is 6.74. The molecule has 10 heteroatoms. The summed E-state index contributed by atoms with van der Waals surface area (Å²) in [7, 11) is -2.18. The first-order valence-electron chi connectivity index (χ1n) is 11.0. The van der Waals surface area contributed by atoms with Gasteiger partial charge in [0.15, 0.2) is 8.32 Å². The van der Waals surface area contributed by atoms with E-state index in [0.717, 1.165) is 0 Å². The zero-order chi connectivity index (χ0) is 26.4. The molecule has 0 aliphatic rings. The lowest BCUT2D eigenvalue weighted by molar-refractivity contribution is -0.123. The second-order valence-corrected chi connectivity index (χ2v) is 14.8. The monoisotopic (exact) mass is 511 g/mol. The number of carbonyl (C=O) groups is 2. The number of hydrazine groups is 1. The molecule has 0 spiro atoms. The molecule has 184 valence electrons. The minimum Gasteiger partial charge on any atom is -0.414 e. The molecular weight excluding hydrogens is 482 g/mol. The lowest BCUT2D eigenvalue weighted by Crippen LogP contribution is -2.52. The molecule has 1 atom stereocenters. The topological polar surface area (TPSA) is 127 Å². The molecule has 0 aliphatic carbocycles. The van der Waals surface area contributed by atoms with E-state index in [1.165, 1.54) is 24.3 Å². The van der Waals surface area contributed by atoms with Gasteiger partial charge in [-0.25, -0.2) is 0 Å². The zero-order valence-corrected chi connectivity index (χ0v) is 22.5. The minimum absolute atomic E-state index is 0.0616. The number of nitrogens with one attached hydrogen (secondary N) is 3. The number of nitriles is 2. The van der Waals surface area contributed by atoms with Crippen LogP contribution >= 0.6 is 11.6 Å². The average Bonchev–Trinajstić information content (AvgIpc) is 2.81. The number of hydrogen-bond donors (Lipinski definition) is 3. The van der Waals surface area contributed by atoms with Crippen LogP contribution in [0, 0.1) is 29.6 Å². The fourth-order valence-electron chi connectivity index (χ4n) is 2.78. The smallest absolute Gasteiger partial charge is 0.269 e. The first-order chi connectivity index (χ1) is 16.3. The zero-order valence-electron chi connectivity index (χ0n) is 20.7. The Morgan fingerprint density at radius 1 is 1.06 bits per heavy atom. The molecule has 2 aromatic rings. The average molecular weight is 512 g/mol. The van der Waals surface area contributed by atoms with Crippen molar-refractivity contribution in [3.63, 3.8) is 0 Å². The van der Waals surface area contributed by atoms with E-state index in [9.17, 15) is 14.9 Å². The van der Waals surface area contributed by atoms with Crippen LogP contribution in [0.25, 0.3) is 0 Å². The summed E-state index contributed by atoms with van der Waals surface area (Å²) in [5, 5.41) is 21.5. The van der Waals surface area contributed by atoms with Gasteiger partial charge in [0, 0.05) is 11.3 Å². The third kappa shape index (κ3) is 7.06. The van der Waals surface area contributed by atoms with Crippen molar-refractivity contribution < 1.29 is 14.0 Å². The van der Waals surface area contributed by atoms with E-state index in [-0.39, 0.29) is 11.6 Å². The minimum atomic E-state index is -2.18. The number of amides is 2. The highest BCUT2D eigenvalue weighted by Crippen LogP contribution is 2.36. The first-order valence-corrected chi connectivity index (χ1v) is 14.3. The van der Waals surface area contributed by atoms with Crippen molar-refractivity contribution in [3.05, 3.63) is 63.7 Å². The fraction of sp³-hybridized carbons (Fsp3) is 0.360. The van der Waals surface area contributed by atoms with E-state index >= 15 is 0 Å². The van der Waals surface area contributed by atoms with Gasteiger partial charge < -0.3 is 9.74 Å². The Balaban J connectivity index is 2.21. The number of hydrogen-bond acceptors (Lipinski definition) is 6.